The molecule has 0 fully saturated rings. The van der Waals surface area contributed by atoms with Gasteiger partial charge in [-0.2, -0.15) is 13.2 Å². The van der Waals surface area contributed by atoms with E-state index >= 15 is 0 Å². The molecule has 1 aromatic heterocycles. The van der Waals surface area contributed by atoms with Crippen LogP contribution in [-0.4, -0.2) is 10.9 Å². The lowest BCUT2D eigenvalue weighted by atomic mass is 10.2. The molecule has 0 aliphatic carbocycles. The van der Waals surface area contributed by atoms with Gasteiger partial charge in [0.05, 0.1) is 17.4 Å². The van der Waals surface area contributed by atoms with Crippen molar-refractivity contribution in [2.24, 2.45) is 0 Å². The van der Waals surface area contributed by atoms with E-state index in [1.165, 1.54) is 0 Å². The molecule has 8 heteroatoms. The number of nitrogens with zero attached hydrogens (tertiary/aromatic N) is 1. The number of alkyl halides is 3. The predicted octanol–water partition coefficient (Wildman–Crippen LogP) is 4.72. The number of carbonyl (C=O) groups excluding carboxylic acids is 1. The number of amides is 1. The fraction of sp³-hybridized carbons (Fsp3) is 0.0769. The van der Waals surface area contributed by atoms with Crippen LogP contribution in [0.5, 0.6) is 0 Å². The summed E-state index contributed by atoms with van der Waals surface area (Å²) in [6.07, 6.45) is -3.52. The summed E-state index contributed by atoms with van der Waals surface area (Å²) in [5.41, 5.74) is -0.420. The molecular formula is C13H7BrF3IN2O. The number of hydrogen-bond acceptors (Lipinski definition) is 2. The van der Waals surface area contributed by atoms with Crippen molar-refractivity contribution in [3.63, 3.8) is 0 Å². The summed E-state index contributed by atoms with van der Waals surface area (Å²) in [6.45, 7) is 0. The van der Waals surface area contributed by atoms with Crippen LogP contribution in [0.4, 0.5) is 18.9 Å². The first-order valence-corrected chi connectivity index (χ1v) is 7.44. The molecule has 0 aliphatic heterocycles. The van der Waals surface area contributed by atoms with Crippen molar-refractivity contribution >= 4 is 50.1 Å². The highest BCUT2D eigenvalue weighted by atomic mass is 127. The standard InChI is InChI=1S/C13H7BrF3IN2O/c14-10-3-1-7(18)5-9(10)12(21)20-8-2-4-11(19-6-8)13(15,16)17/h1-6H,(H,20,21). The molecule has 1 aromatic carbocycles. The van der Waals surface area contributed by atoms with E-state index in [-0.39, 0.29) is 5.69 Å². The molecule has 0 aliphatic rings. The molecule has 0 atom stereocenters. The molecule has 1 heterocycles. The van der Waals surface area contributed by atoms with Gasteiger partial charge in [-0.05, 0) is 68.9 Å². The van der Waals surface area contributed by atoms with Crippen molar-refractivity contribution < 1.29 is 18.0 Å². The molecule has 0 spiro atoms. The number of nitrogens with one attached hydrogen (secondary N) is 1. The molecule has 2 aromatic rings. The normalized spacial score (nSPS) is 11.3. The van der Waals surface area contributed by atoms with E-state index in [2.05, 4.69) is 48.8 Å². The largest absolute Gasteiger partial charge is 0.433 e. The van der Waals surface area contributed by atoms with Crippen LogP contribution < -0.4 is 5.32 Å². The smallest absolute Gasteiger partial charge is 0.321 e. The summed E-state index contributed by atoms with van der Waals surface area (Å²) in [6, 6.07) is 7.19. The highest BCUT2D eigenvalue weighted by Gasteiger charge is 2.32. The average Bonchev–Trinajstić information content (AvgIpc) is 2.41. The molecule has 2 rings (SSSR count). The van der Waals surface area contributed by atoms with Gasteiger partial charge >= 0.3 is 6.18 Å². The fourth-order valence-electron chi connectivity index (χ4n) is 1.51. The first-order valence-electron chi connectivity index (χ1n) is 5.57. The van der Waals surface area contributed by atoms with Gasteiger partial charge in [0.1, 0.15) is 5.69 Å². The lowest BCUT2D eigenvalue weighted by Crippen LogP contribution is -2.14. The molecule has 0 saturated heterocycles. The summed E-state index contributed by atoms with van der Waals surface area (Å²) in [4.78, 5) is 15.4. The molecular weight excluding hydrogens is 464 g/mol. The number of carbonyl (C=O) groups is 1. The van der Waals surface area contributed by atoms with Crippen molar-refractivity contribution in [2.45, 2.75) is 6.18 Å². The quantitative estimate of drug-likeness (QED) is 0.645. The van der Waals surface area contributed by atoms with E-state index < -0.39 is 17.8 Å². The fourth-order valence-corrected chi connectivity index (χ4v) is 2.42. The number of hydrogen-bond donors (Lipinski definition) is 1. The third-order valence-corrected chi connectivity index (χ3v) is 3.85. The molecule has 3 nitrogen and oxygen atoms in total. The van der Waals surface area contributed by atoms with Crippen molar-refractivity contribution in [3.05, 3.63) is 55.8 Å². The van der Waals surface area contributed by atoms with Crippen molar-refractivity contribution in [3.8, 4) is 0 Å². The zero-order valence-electron chi connectivity index (χ0n) is 10.2. The SMILES string of the molecule is O=C(Nc1ccc(C(F)(F)F)nc1)c1cc(I)ccc1Br. The average molecular weight is 471 g/mol. The number of pyridine rings is 1. The Balaban J connectivity index is 2.18. The van der Waals surface area contributed by atoms with Gasteiger partial charge in [-0.25, -0.2) is 4.98 Å². The maximum atomic E-state index is 12.4. The van der Waals surface area contributed by atoms with Crippen molar-refractivity contribution in [2.75, 3.05) is 5.32 Å². The van der Waals surface area contributed by atoms with E-state index in [1.54, 1.807) is 12.1 Å². The van der Waals surface area contributed by atoms with Gasteiger partial charge in [0.2, 0.25) is 0 Å². The number of anilines is 1. The summed E-state index contributed by atoms with van der Waals surface area (Å²) < 4.78 is 38.6. The van der Waals surface area contributed by atoms with Crippen LogP contribution in [0.15, 0.2) is 41.0 Å². The second-order valence-corrected chi connectivity index (χ2v) is 6.11. The molecule has 1 N–H and O–H groups in total. The van der Waals surface area contributed by atoms with E-state index in [9.17, 15) is 18.0 Å². The van der Waals surface area contributed by atoms with Crippen molar-refractivity contribution in [1.29, 1.82) is 0 Å². The summed E-state index contributed by atoms with van der Waals surface area (Å²) >= 11 is 5.31. The second kappa shape index (κ2) is 6.30. The van der Waals surface area contributed by atoms with Crippen LogP contribution in [0.25, 0.3) is 0 Å². The minimum absolute atomic E-state index is 0.193. The first kappa shape index (κ1) is 16.2. The molecule has 0 unspecified atom stereocenters. The van der Waals surface area contributed by atoms with Crippen molar-refractivity contribution in [1.82, 2.24) is 4.98 Å². The number of aromatic nitrogens is 1. The van der Waals surface area contributed by atoms with Gasteiger partial charge in [0, 0.05) is 8.04 Å². The van der Waals surface area contributed by atoms with Gasteiger partial charge in [-0.15, -0.1) is 0 Å². The number of halogens is 5. The van der Waals surface area contributed by atoms with Crippen LogP contribution in [0.2, 0.25) is 0 Å². The van der Waals surface area contributed by atoms with Gasteiger partial charge in [0.15, 0.2) is 0 Å². The van der Waals surface area contributed by atoms with Gasteiger partial charge in [-0.3, -0.25) is 4.79 Å². The highest BCUT2D eigenvalue weighted by molar-refractivity contribution is 14.1. The molecule has 1 amide bonds. The number of rotatable bonds is 2. The maximum absolute atomic E-state index is 12.4. The Labute approximate surface area is 140 Å². The van der Waals surface area contributed by atoms with E-state index in [0.717, 1.165) is 21.9 Å². The minimum Gasteiger partial charge on any atom is -0.321 e. The molecule has 110 valence electrons. The van der Waals surface area contributed by atoms with Crippen LogP contribution >= 0.6 is 38.5 Å². The predicted molar refractivity (Wildman–Crippen MR) is 84.1 cm³/mol. The lowest BCUT2D eigenvalue weighted by Gasteiger charge is -2.09. The van der Waals surface area contributed by atoms with E-state index in [1.807, 2.05) is 6.07 Å². The zero-order valence-corrected chi connectivity index (χ0v) is 14.0. The van der Waals surface area contributed by atoms with Crippen LogP contribution in [0.3, 0.4) is 0 Å². The van der Waals surface area contributed by atoms with Crippen LogP contribution in [0.1, 0.15) is 16.1 Å². The Morgan fingerprint density at radius 3 is 2.52 bits per heavy atom. The minimum atomic E-state index is -4.50. The Morgan fingerprint density at radius 2 is 1.95 bits per heavy atom. The summed E-state index contributed by atoms with van der Waals surface area (Å²) in [7, 11) is 0. The monoisotopic (exact) mass is 470 g/mol. The highest BCUT2D eigenvalue weighted by Crippen LogP contribution is 2.28. The second-order valence-electron chi connectivity index (χ2n) is 4.01. The van der Waals surface area contributed by atoms with Gasteiger partial charge < -0.3 is 5.32 Å². The third kappa shape index (κ3) is 4.16. The molecule has 0 saturated carbocycles. The lowest BCUT2D eigenvalue weighted by molar-refractivity contribution is -0.141. The first-order chi connectivity index (χ1) is 9.77. The molecule has 0 bridgehead atoms. The zero-order chi connectivity index (χ0) is 15.6. The maximum Gasteiger partial charge on any atom is 0.433 e. The Hall–Kier alpha value is -1.16. The van der Waals surface area contributed by atoms with Crippen LogP contribution in [-0.2, 0) is 6.18 Å². The van der Waals surface area contributed by atoms with E-state index in [0.29, 0.717) is 10.0 Å². The Kier molecular flexibility index (Phi) is 4.87. The Bertz CT molecular complexity index is 674. The molecule has 21 heavy (non-hydrogen) atoms. The van der Waals surface area contributed by atoms with E-state index in [4.69, 9.17) is 0 Å². The number of benzene rings is 1. The topological polar surface area (TPSA) is 42.0 Å². The van der Waals surface area contributed by atoms with Gasteiger partial charge in [0.25, 0.3) is 5.91 Å². The Morgan fingerprint density at radius 1 is 1.24 bits per heavy atom. The molecule has 0 radical (unpaired) electrons. The third-order valence-electron chi connectivity index (χ3n) is 2.48. The van der Waals surface area contributed by atoms with Gasteiger partial charge in [-0.1, -0.05) is 0 Å². The summed E-state index contributed by atoms with van der Waals surface area (Å²) in [5.74, 6) is -0.429. The van der Waals surface area contributed by atoms with Crippen LogP contribution in [0, 0.1) is 3.57 Å². The summed E-state index contributed by atoms with van der Waals surface area (Å²) in [5, 5.41) is 2.50.